The molecule has 6 heteroatoms. The van der Waals surface area contributed by atoms with Crippen LogP contribution in [0.5, 0.6) is 0 Å². The van der Waals surface area contributed by atoms with Crippen LogP contribution in [0.25, 0.3) is 10.6 Å². The van der Waals surface area contributed by atoms with Crippen molar-refractivity contribution in [1.29, 1.82) is 0 Å². The fourth-order valence-corrected chi connectivity index (χ4v) is 4.16. The van der Waals surface area contributed by atoms with E-state index in [1.807, 2.05) is 41.6 Å². The summed E-state index contributed by atoms with van der Waals surface area (Å²) >= 11 is 7.43. The zero-order valence-electron chi connectivity index (χ0n) is 14.9. The average molecular weight is 378 g/mol. The maximum atomic E-state index is 12.8. The monoisotopic (exact) mass is 377 g/mol. The lowest BCUT2D eigenvalue weighted by Gasteiger charge is -2.38. The first-order chi connectivity index (χ1) is 12.0. The lowest BCUT2D eigenvalue weighted by molar-refractivity contribution is 0.0610. The molecule has 0 unspecified atom stereocenters. The van der Waals surface area contributed by atoms with Gasteiger partial charge in [0.25, 0.3) is 5.91 Å². The minimum atomic E-state index is 0.0134. The molecule has 1 aromatic carbocycles. The highest BCUT2D eigenvalue weighted by atomic mass is 35.5. The lowest BCUT2D eigenvalue weighted by atomic mass is 10.0. The van der Waals surface area contributed by atoms with Crippen LogP contribution >= 0.6 is 22.9 Å². The predicted molar refractivity (Wildman–Crippen MR) is 104 cm³/mol. The van der Waals surface area contributed by atoms with E-state index in [0.717, 1.165) is 36.5 Å². The number of hydrogen-bond donors (Lipinski definition) is 0. The summed E-state index contributed by atoms with van der Waals surface area (Å²) in [4.78, 5) is 21.7. The van der Waals surface area contributed by atoms with Gasteiger partial charge in [0.2, 0.25) is 0 Å². The molecule has 0 radical (unpaired) electrons. The van der Waals surface area contributed by atoms with Gasteiger partial charge in [-0.1, -0.05) is 23.7 Å². The number of piperidine rings is 1. The first-order valence-electron chi connectivity index (χ1n) is 8.68. The molecule has 1 fully saturated rings. The second-order valence-electron chi connectivity index (χ2n) is 6.82. The average Bonchev–Trinajstić information content (AvgIpc) is 3.11. The van der Waals surface area contributed by atoms with Gasteiger partial charge >= 0.3 is 0 Å². The molecule has 0 saturated carbocycles. The predicted octanol–water partition coefficient (Wildman–Crippen LogP) is 4.41. The van der Waals surface area contributed by atoms with E-state index in [2.05, 4.69) is 23.7 Å². The fraction of sp³-hybridized carbons (Fsp3) is 0.474. The summed E-state index contributed by atoms with van der Waals surface area (Å²) in [5.41, 5.74) is 1.52. The van der Waals surface area contributed by atoms with Gasteiger partial charge in [0.1, 0.15) is 10.7 Å². The topological polar surface area (TPSA) is 36.4 Å². The SMILES string of the molecule is CC(C)N1CCC(N(C)C(=O)c2csc(-c3ccc(Cl)cc3)n2)CC1. The molecule has 1 aliphatic rings. The van der Waals surface area contributed by atoms with Crippen molar-refractivity contribution in [2.24, 2.45) is 0 Å². The first-order valence-corrected chi connectivity index (χ1v) is 9.94. The third kappa shape index (κ3) is 4.22. The van der Waals surface area contributed by atoms with E-state index in [9.17, 15) is 4.79 Å². The summed E-state index contributed by atoms with van der Waals surface area (Å²) in [6.45, 7) is 6.55. The molecule has 3 rings (SSSR count). The van der Waals surface area contributed by atoms with Gasteiger partial charge in [0.15, 0.2) is 0 Å². The highest BCUT2D eigenvalue weighted by Crippen LogP contribution is 2.26. The smallest absolute Gasteiger partial charge is 0.273 e. The van der Waals surface area contributed by atoms with E-state index in [1.165, 1.54) is 11.3 Å². The molecule has 1 amide bonds. The number of hydrogen-bond acceptors (Lipinski definition) is 4. The molecule has 0 aliphatic carbocycles. The van der Waals surface area contributed by atoms with Crippen LogP contribution in [0.15, 0.2) is 29.6 Å². The Kier molecular flexibility index (Phi) is 5.77. The summed E-state index contributed by atoms with van der Waals surface area (Å²) in [5.74, 6) is 0.0134. The minimum absolute atomic E-state index is 0.0134. The van der Waals surface area contributed by atoms with Crippen molar-refractivity contribution in [3.8, 4) is 10.6 Å². The van der Waals surface area contributed by atoms with E-state index in [1.54, 1.807) is 0 Å². The van der Waals surface area contributed by atoms with Crippen molar-refractivity contribution in [3.05, 3.63) is 40.4 Å². The minimum Gasteiger partial charge on any atom is -0.337 e. The molecule has 0 N–H and O–H groups in total. The normalized spacial score (nSPS) is 16.4. The summed E-state index contributed by atoms with van der Waals surface area (Å²) in [7, 11) is 1.90. The van der Waals surface area contributed by atoms with Crippen LogP contribution < -0.4 is 0 Å². The van der Waals surface area contributed by atoms with E-state index in [-0.39, 0.29) is 5.91 Å². The summed E-state index contributed by atoms with van der Waals surface area (Å²) < 4.78 is 0. The second kappa shape index (κ2) is 7.85. The molecular formula is C19H24ClN3OS. The van der Waals surface area contributed by atoms with Crippen LogP contribution in [0.2, 0.25) is 5.02 Å². The molecule has 1 aliphatic heterocycles. The van der Waals surface area contributed by atoms with E-state index in [0.29, 0.717) is 22.8 Å². The van der Waals surface area contributed by atoms with E-state index >= 15 is 0 Å². The van der Waals surface area contributed by atoms with Crippen LogP contribution in [0, 0.1) is 0 Å². The maximum Gasteiger partial charge on any atom is 0.273 e. The van der Waals surface area contributed by atoms with Crippen molar-refractivity contribution >= 4 is 28.8 Å². The van der Waals surface area contributed by atoms with E-state index in [4.69, 9.17) is 11.6 Å². The van der Waals surface area contributed by atoms with E-state index < -0.39 is 0 Å². The summed E-state index contributed by atoms with van der Waals surface area (Å²) in [5, 5.41) is 3.40. The number of amides is 1. The summed E-state index contributed by atoms with van der Waals surface area (Å²) in [6.07, 6.45) is 2.04. The zero-order valence-corrected chi connectivity index (χ0v) is 16.5. The molecule has 0 bridgehead atoms. The Labute approximate surface area is 158 Å². The van der Waals surface area contributed by atoms with Gasteiger partial charge in [-0.2, -0.15) is 0 Å². The molecule has 134 valence electrons. The maximum absolute atomic E-state index is 12.8. The third-order valence-electron chi connectivity index (χ3n) is 4.91. The number of rotatable bonds is 4. The Balaban J connectivity index is 1.66. The number of carbonyl (C=O) groups is 1. The standard InChI is InChI=1S/C19H24ClN3OS/c1-13(2)23-10-8-16(9-11-23)22(3)19(24)17-12-25-18(21-17)14-4-6-15(20)7-5-14/h4-7,12-13,16H,8-11H2,1-3H3. The summed E-state index contributed by atoms with van der Waals surface area (Å²) in [6, 6.07) is 8.41. The van der Waals surface area contributed by atoms with Crippen molar-refractivity contribution in [1.82, 2.24) is 14.8 Å². The van der Waals surface area contributed by atoms with Gasteiger partial charge in [-0.05, 0) is 38.8 Å². The van der Waals surface area contributed by atoms with Gasteiger partial charge in [-0.15, -0.1) is 11.3 Å². The number of benzene rings is 1. The molecular weight excluding hydrogens is 354 g/mol. The van der Waals surface area contributed by atoms with Gasteiger partial charge in [0.05, 0.1) is 0 Å². The molecule has 2 aromatic rings. The van der Waals surface area contributed by atoms with Gasteiger partial charge in [0, 0.05) is 48.2 Å². The number of thiazole rings is 1. The Bertz CT molecular complexity index is 721. The lowest BCUT2D eigenvalue weighted by Crippen LogP contribution is -2.47. The van der Waals surface area contributed by atoms with Crippen molar-refractivity contribution in [2.45, 2.75) is 38.8 Å². The van der Waals surface area contributed by atoms with Gasteiger partial charge in [-0.3, -0.25) is 4.79 Å². The van der Waals surface area contributed by atoms with Gasteiger partial charge < -0.3 is 9.80 Å². The number of likely N-dealkylation sites (tertiary alicyclic amines) is 1. The highest BCUT2D eigenvalue weighted by Gasteiger charge is 2.27. The Hall–Kier alpha value is -1.43. The van der Waals surface area contributed by atoms with Crippen LogP contribution in [-0.4, -0.2) is 52.9 Å². The number of nitrogens with zero attached hydrogens (tertiary/aromatic N) is 3. The molecule has 2 heterocycles. The molecule has 0 spiro atoms. The Morgan fingerprint density at radius 1 is 1.28 bits per heavy atom. The van der Waals surface area contributed by atoms with Crippen LogP contribution in [-0.2, 0) is 0 Å². The molecule has 25 heavy (non-hydrogen) atoms. The van der Waals surface area contributed by atoms with Crippen LogP contribution in [0.4, 0.5) is 0 Å². The largest absolute Gasteiger partial charge is 0.337 e. The third-order valence-corrected chi connectivity index (χ3v) is 6.06. The second-order valence-corrected chi connectivity index (χ2v) is 8.12. The number of carbonyl (C=O) groups excluding carboxylic acids is 1. The number of halogens is 1. The zero-order chi connectivity index (χ0) is 18.0. The van der Waals surface area contributed by atoms with Crippen molar-refractivity contribution in [3.63, 3.8) is 0 Å². The molecule has 4 nitrogen and oxygen atoms in total. The van der Waals surface area contributed by atoms with Crippen LogP contribution in [0.3, 0.4) is 0 Å². The van der Waals surface area contributed by atoms with Crippen molar-refractivity contribution < 1.29 is 4.79 Å². The number of aromatic nitrogens is 1. The van der Waals surface area contributed by atoms with Gasteiger partial charge in [-0.25, -0.2) is 4.98 Å². The molecule has 1 aromatic heterocycles. The first kappa shape index (κ1) is 18.4. The molecule has 1 saturated heterocycles. The quantitative estimate of drug-likeness (QED) is 0.791. The molecule has 0 atom stereocenters. The highest BCUT2D eigenvalue weighted by molar-refractivity contribution is 7.13. The Morgan fingerprint density at radius 2 is 1.92 bits per heavy atom. The fourth-order valence-electron chi connectivity index (χ4n) is 3.23. The Morgan fingerprint density at radius 3 is 2.52 bits per heavy atom. The van der Waals surface area contributed by atoms with Crippen molar-refractivity contribution in [2.75, 3.05) is 20.1 Å². The van der Waals surface area contributed by atoms with Crippen LogP contribution in [0.1, 0.15) is 37.2 Å².